The molecule has 0 saturated carbocycles. The van der Waals surface area contributed by atoms with Crippen LogP contribution in [0.2, 0.25) is 0 Å². The van der Waals surface area contributed by atoms with Crippen molar-refractivity contribution < 1.29 is 4.39 Å². The van der Waals surface area contributed by atoms with E-state index in [0.29, 0.717) is 24.8 Å². The second-order valence-electron chi connectivity index (χ2n) is 11.3. The van der Waals surface area contributed by atoms with E-state index in [0.717, 1.165) is 70.0 Å². The normalized spacial score (nSPS) is 14.7. The molecule has 0 bridgehead atoms. The van der Waals surface area contributed by atoms with E-state index in [1.54, 1.807) is 12.1 Å². The van der Waals surface area contributed by atoms with Gasteiger partial charge in [0.2, 0.25) is 0 Å². The maximum atomic E-state index is 14.0. The molecule has 1 aliphatic heterocycles. The average molecular weight is 562 g/mol. The average Bonchev–Trinajstić information content (AvgIpc) is 3.62. The summed E-state index contributed by atoms with van der Waals surface area (Å²) in [7, 11) is 2.17. The lowest BCUT2D eigenvalue weighted by atomic mass is 10.0. The molecule has 0 amide bonds. The van der Waals surface area contributed by atoms with Gasteiger partial charge in [-0.05, 0) is 99.9 Å². The summed E-state index contributed by atoms with van der Waals surface area (Å²) in [6.45, 7) is 4.58. The molecule has 8 nitrogen and oxygen atoms in total. The Morgan fingerprint density at radius 3 is 2.67 bits per heavy atom. The quantitative estimate of drug-likeness (QED) is 0.266. The van der Waals surface area contributed by atoms with Crippen molar-refractivity contribution in [2.45, 2.75) is 38.8 Å². The summed E-state index contributed by atoms with van der Waals surface area (Å²) < 4.78 is 19.4. The lowest BCUT2D eigenvalue weighted by molar-refractivity contribution is 0.212. The summed E-state index contributed by atoms with van der Waals surface area (Å²) in [4.78, 5) is 19.8. The van der Waals surface area contributed by atoms with Gasteiger partial charge in [0.25, 0.3) is 5.56 Å². The van der Waals surface area contributed by atoms with Gasteiger partial charge in [-0.1, -0.05) is 6.07 Å². The summed E-state index contributed by atoms with van der Waals surface area (Å²) in [5.41, 5.74) is 5.67. The van der Waals surface area contributed by atoms with Crippen molar-refractivity contribution in [1.29, 1.82) is 0 Å². The minimum atomic E-state index is -0.310. The summed E-state index contributed by atoms with van der Waals surface area (Å²) in [6.07, 6.45) is 10.7. The first-order valence-corrected chi connectivity index (χ1v) is 14.4. The zero-order chi connectivity index (χ0) is 28.8. The number of rotatable bonds is 6. The molecule has 0 unspecified atom stereocenters. The summed E-state index contributed by atoms with van der Waals surface area (Å²) in [5, 5.41) is 11.3. The Morgan fingerprint density at radius 2 is 1.81 bits per heavy atom. The predicted molar refractivity (Wildman–Crippen MR) is 162 cm³/mol. The van der Waals surface area contributed by atoms with Gasteiger partial charge in [-0.2, -0.15) is 10.2 Å². The molecule has 0 N–H and O–H groups in total. The van der Waals surface area contributed by atoms with Gasteiger partial charge in [0.1, 0.15) is 5.82 Å². The van der Waals surface area contributed by atoms with Crippen molar-refractivity contribution in [2.24, 2.45) is 0 Å². The van der Waals surface area contributed by atoms with E-state index in [-0.39, 0.29) is 11.4 Å². The van der Waals surface area contributed by atoms with E-state index in [9.17, 15) is 9.18 Å². The molecule has 42 heavy (non-hydrogen) atoms. The summed E-state index contributed by atoms with van der Waals surface area (Å²) in [5.74, 6) is 0.265. The predicted octanol–water partition coefficient (Wildman–Crippen LogP) is 5.56. The number of aromatic nitrogens is 6. The Morgan fingerprint density at radius 1 is 0.952 bits per heavy atom. The molecule has 9 heteroatoms. The number of fused-ring (bicyclic) bond motifs is 2. The zero-order valence-electron chi connectivity index (χ0n) is 23.7. The fourth-order valence-corrected chi connectivity index (χ4v) is 5.96. The first kappa shape index (κ1) is 26.3. The van der Waals surface area contributed by atoms with Gasteiger partial charge < -0.3 is 4.90 Å². The van der Waals surface area contributed by atoms with E-state index >= 15 is 0 Å². The molecule has 0 aliphatic carbocycles. The molecule has 0 radical (unpaired) electrons. The van der Waals surface area contributed by atoms with Gasteiger partial charge in [0.05, 0.1) is 23.3 Å². The highest BCUT2D eigenvalue weighted by molar-refractivity contribution is 5.85. The highest BCUT2D eigenvalue weighted by Gasteiger charge is 2.19. The highest BCUT2D eigenvalue weighted by Crippen LogP contribution is 2.27. The zero-order valence-corrected chi connectivity index (χ0v) is 23.7. The number of likely N-dealkylation sites (tertiary alicyclic amines) is 1. The third-order valence-electron chi connectivity index (χ3n) is 8.42. The van der Waals surface area contributed by atoms with Gasteiger partial charge in [0, 0.05) is 53.1 Å². The molecular formula is C33H32FN7O. The topological polar surface area (TPSA) is 73.8 Å². The molecule has 2 aromatic carbocycles. The van der Waals surface area contributed by atoms with Crippen LogP contribution in [0.3, 0.4) is 0 Å². The van der Waals surface area contributed by atoms with E-state index in [2.05, 4.69) is 45.2 Å². The molecule has 5 heterocycles. The SMILES string of the molecule is Cc1cn(-c2ccc(=O)n(CCc3ccc4ncc(-c5cnn(C6CCN(C)CC6)c5)cc4c3)n2)c2cc(F)ccc12. The minimum absolute atomic E-state index is 0.176. The third-order valence-corrected chi connectivity index (χ3v) is 8.42. The van der Waals surface area contributed by atoms with Gasteiger partial charge in [-0.15, -0.1) is 0 Å². The van der Waals surface area contributed by atoms with E-state index in [4.69, 9.17) is 4.98 Å². The Balaban J connectivity index is 1.12. The Bertz CT molecular complexity index is 1980. The van der Waals surface area contributed by atoms with Crippen LogP contribution in [0.1, 0.15) is 30.0 Å². The lowest BCUT2D eigenvalue weighted by Gasteiger charge is -2.28. The Hall–Kier alpha value is -4.63. The summed E-state index contributed by atoms with van der Waals surface area (Å²) >= 11 is 0. The van der Waals surface area contributed by atoms with Crippen LogP contribution in [0.25, 0.3) is 38.8 Å². The van der Waals surface area contributed by atoms with Crippen LogP contribution in [-0.2, 0) is 13.0 Å². The molecular weight excluding hydrogens is 529 g/mol. The lowest BCUT2D eigenvalue weighted by Crippen LogP contribution is -2.31. The first-order chi connectivity index (χ1) is 20.4. The number of pyridine rings is 1. The van der Waals surface area contributed by atoms with Crippen molar-refractivity contribution >= 4 is 21.8 Å². The number of benzene rings is 2. The largest absolute Gasteiger partial charge is 0.306 e. The Labute approximate surface area is 242 Å². The molecule has 0 atom stereocenters. The van der Waals surface area contributed by atoms with Gasteiger partial charge in [-0.25, -0.2) is 9.07 Å². The number of nitrogens with zero attached hydrogens (tertiary/aromatic N) is 7. The molecule has 1 fully saturated rings. The van der Waals surface area contributed by atoms with Gasteiger partial charge >= 0.3 is 0 Å². The molecule has 212 valence electrons. The molecule has 0 spiro atoms. The van der Waals surface area contributed by atoms with Gasteiger partial charge in [0.15, 0.2) is 5.82 Å². The number of aryl methyl sites for hydroxylation is 3. The monoisotopic (exact) mass is 561 g/mol. The Kier molecular flexibility index (Phi) is 6.66. The highest BCUT2D eigenvalue weighted by atomic mass is 19.1. The standard InChI is InChI=1S/C33H32FN7O/c1-22-20-39(31-17-27(34)4-5-29(22)31)32-7-8-33(42)40(37-32)14-9-23-3-6-30-24(15-23)16-25(18-35-30)26-19-36-41(21-26)28-10-12-38(2)13-11-28/h3-8,15-21,28H,9-14H2,1-2H3. The van der Waals surface area contributed by atoms with Crippen LogP contribution >= 0.6 is 0 Å². The minimum Gasteiger partial charge on any atom is -0.306 e. The van der Waals surface area contributed by atoms with Crippen molar-refractivity contribution in [1.82, 2.24) is 34.0 Å². The summed E-state index contributed by atoms with van der Waals surface area (Å²) in [6, 6.07) is 16.7. The van der Waals surface area contributed by atoms with Crippen LogP contribution in [0.5, 0.6) is 0 Å². The fraction of sp³-hybridized carbons (Fsp3) is 0.273. The van der Waals surface area contributed by atoms with E-state index in [1.807, 2.05) is 42.2 Å². The van der Waals surface area contributed by atoms with E-state index < -0.39 is 0 Å². The molecule has 4 aromatic heterocycles. The maximum absolute atomic E-state index is 14.0. The second kappa shape index (κ2) is 10.6. The number of halogens is 1. The second-order valence-corrected chi connectivity index (χ2v) is 11.3. The van der Waals surface area contributed by atoms with Gasteiger partial charge in [-0.3, -0.25) is 19.0 Å². The van der Waals surface area contributed by atoms with Crippen LogP contribution in [0.15, 0.2) is 84.2 Å². The number of piperidine rings is 1. The first-order valence-electron chi connectivity index (χ1n) is 14.4. The molecule has 1 saturated heterocycles. The van der Waals surface area contributed by atoms with Crippen molar-refractivity contribution in [3.8, 4) is 16.9 Å². The van der Waals surface area contributed by atoms with Crippen molar-refractivity contribution in [2.75, 3.05) is 20.1 Å². The molecule has 1 aliphatic rings. The van der Waals surface area contributed by atoms with Crippen LogP contribution in [0, 0.1) is 12.7 Å². The fourth-order valence-electron chi connectivity index (χ4n) is 5.96. The van der Waals surface area contributed by atoms with Crippen molar-refractivity contribution in [3.05, 3.63) is 107 Å². The van der Waals surface area contributed by atoms with Crippen LogP contribution < -0.4 is 5.56 Å². The molecule has 7 rings (SSSR count). The van der Waals surface area contributed by atoms with Crippen molar-refractivity contribution in [3.63, 3.8) is 0 Å². The smallest absolute Gasteiger partial charge is 0.266 e. The maximum Gasteiger partial charge on any atom is 0.266 e. The van der Waals surface area contributed by atoms with Crippen LogP contribution in [-0.4, -0.2) is 54.1 Å². The van der Waals surface area contributed by atoms with Crippen LogP contribution in [0.4, 0.5) is 4.39 Å². The third kappa shape index (κ3) is 5.00. The van der Waals surface area contributed by atoms with E-state index in [1.165, 1.54) is 22.9 Å². The number of hydrogen-bond donors (Lipinski definition) is 0. The molecule has 6 aromatic rings. The number of hydrogen-bond acceptors (Lipinski definition) is 5.